The lowest BCUT2D eigenvalue weighted by Crippen LogP contribution is -2.44. The third kappa shape index (κ3) is 4.48. The Morgan fingerprint density at radius 3 is 2.92 bits per heavy atom. The third-order valence-electron chi connectivity index (χ3n) is 4.80. The van der Waals surface area contributed by atoms with Gasteiger partial charge in [-0.05, 0) is 18.2 Å². The normalized spacial score (nSPS) is 22.0. The summed E-state index contributed by atoms with van der Waals surface area (Å²) in [6.45, 7) is 6.07. The van der Waals surface area contributed by atoms with Crippen molar-refractivity contribution in [2.75, 3.05) is 50.9 Å². The number of benzene rings is 1. The molecule has 2 saturated heterocycles. The first-order valence-corrected chi connectivity index (χ1v) is 9.73. The van der Waals surface area contributed by atoms with Crippen LogP contribution in [0.25, 0.3) is 0 Å². The van der Waals surface area contributed by atoms with Crippen LogP contribution in [0.4, 0.5) is 4.39 Å². The highest BCUT2D eigenvalue weighted by molar-refractivity contribution is 7.99. The Morgan fingerprint density at radius 1 is 1.38 bits per heavy atom. The highest BCUT2D eigenvalue weighted by Crippen LogP contribution is 2.25. The van der Waals surface area contributed by atoms with Crippen molar-refractivity contribution in [3.8, 4) is 6.07 Å². The zero-order chi connectivity index (χ0) is 16.8. The number of ether oxygens (including phenoxy) is 1. The Morgan fingerprint density at radius 2 is 2.21 bits per heavy atom. The summed E-state index contributed by atoms with van der Waals surface area (Å²) >= 11 is 1.97. The van der Waals surface area contributed by atoms with Crippen LogP contribution in [-0.4, -0.2) is 66.7 Å². The lowest BCUT2D eigenvalue weighted by molar-refractivity contribution is 0.0307. The predicted octanol–water partition coefficient (Wildman–Crippen LogP) is 2.34. The minimum Gasteiger partial charge on any atom is -0.379 e. The summed E-state index contributed by atoms with van der Waals surface area (Å²) in [5.41, 5.74) is 0.773. The van der Waals surface area contributed by atoms with Crippen LogP contribution in [0.1, 0.15) is 17.5 Å². The molecule has 0 amide bonds. The van der Waals surface area contributed by atoms with Crippen molar-refractivity contribution in [1.82, 2.24) is 9.80 Å². The number of hydrogen-bond donors (Lipinski definition) is 0. The van der Waals surface area contributed by atoms with Crippen molar-refractivity contribution in [1.29, 1.82) is 5.26 Å². The fourth-order valence-corrected chi connectivity index (χ4v) is 4.56. The largest absolute Gasteiger partial charge is 0.379 e. The van der Waals surface area contributed by atoms with E-state index in [1.165, 1.54) is 5.75 Å². The molecule has 3 rings (SSSR count). The Hall–Kier alpha value is -1.13. The predicted molar refractivity (Wildman–Crippen MR) is 94.5 cm³/mol. The van der Waals surface area contributed by atoms with Crippen molar-refractivity contribution >= 4 is 11.8 Å². The molecule has 2 fully saturated rings. The fraction of sp³-hybridized carbons (Fsp3) is 0.611. The van der Waals surface area contributed by atoms with E-state index in [9.17, 15) is 4.39 Å². The van der Waals surface area contributed by atoms with Gasteiger partial charge in [-0.3, -0.25) is 9.80 Å². The minimum atomic E-state index is -0.359. The van der Waals surface area contributed by atoms with Gasteiger partial charge in [0.05, 0.1) is 18.8 Å². The molecule has 0 N–H and O–H groups in total. The average molecular weight is 349 g/mol. The maximum atomic E-state index is 14.4. The van der Waals surface area contributed by atoms with Gasteiger partial charge in [0.25, 0.3) is 0 Å². The Balaban J connectivity index is 1.67. The molecule has 130 valence electrons. The number of morpholine rings is 1. The van der Waals surface area contributed by atoms with Crippen molar-refractivity contribution in [3.05, 3.63) is 35.1 Å². The molecule has 4 nitrogen and oxygen atoms in total. The van der Waals surface area contributed by atoms with Gasteiger partial charge >= 0.3 is 0 Å². The van der Waals surface area contributed by atoms with Gasteiger partial charge in [0.2, 0.25) is 0 Å². The molecule has 6 heteroatoms. The maximum Gasteiger partial charge on any atom is 0.145 e. The SMILES string of the molecule is N#Cc1cccc(CN(CCN2CCOCC2)C2CCSC2)c1F. The van der Waals surface area contributed by atoms with Crippen LogP contribution in [0.5, 0.6) is 0 Å². The lowest BCUT2D eigenvalue weighted by Gasteiger charge is -2.33. The van der Waals surface area contributed by atoms with E-state index in [-0.39, 0.29) is 11.4 Å². The number of rotatable bonds is 6. The molecule has 0 saturated carbocycles. The summed E-state index contributed by atoms with van der Waals surface area (Å²) in [7, 11) is 0. The second-order valence-corrected chi connectivity index (χ2v) is 7.48. The molecule has 1 atom stereocenters. The van der Waals surface area contributed by atoms with Gasteiger partial charge in [-0.25, -0.2) is 4.39 Å². The number of nitriles is 1. The molecule has 2 heterocycles. The van der Waals surface area contributed by atoms with Crippen LogP contribution in [0.2, 0.25) is 0 Å². The monoisotopic (exact) mass is 349 g/mol. The quantitative estimate of drug-likeness (QED) is 0.788. The Bertz CT molecular complexity index is 580. The van der Waals surface area contributed by atoms with Gasteiger partial charge in [-0.2, -0.15) is 17.0 Å². The zero-order valence-corrected chi connectivity index (χ0v) is 14.7. The topological polar surface area (TPSA) is 39.5 Å². The van der Waals surface area contributed by atoms with Gasteiger partial charge < -0.3 is 4.74 Å². The standard InChI is InChI=1S/C18H24FN3OS/c19-18-15(12-20)2-1-3-16(18)13-22(17-4-11-24-14-17)6-5-21-7-9-23-10-8-21/h1-3,17H,4-11,13-14H2. The molecule has 0 spiro atoms. The van der Waals surface area contributed by atoms with E-state index in [1.807, 2.05) is 17.8 Å². The second kappa shape index (κ2) is 8.82. The lowest BCUT2D eigenvalue weighted by atomic mass is 10.1. The summed E-state index contributed by atoms with van der Waals surface area (Å²) in [6, 6.07) is 7.57. The molecular weight excluding hydrogens is 325 g/mol. The molecule has 0 bridgehead atoms. The van der Waals surface area contributed by atoms with Gasteiger partial charge in [-0.15, -0.1) is 0 Å². The van der Waals surface area contributed by atoms with Crippen molar-refractivity contribution in [2.45, 2.75) is 19.0 Å². The van der Waals surface area contributed by atoms with Gasteiger partial charge in [0.15, 0.2) is 0 Å². The highest BCUT2D eigenvalue weighted by atomic mass is 32.2. The summed E-state index contributed by atoms with van der Waals surface area (Å²) < 4.78 is 19.8. The first-order chi connectivity index (χ1) is 11.8. The number of nitrogens with zero attached hydrogens (tertiary/aromatic N) is 3. The summed E-state index contributed by atoms with van der Waals surface area (Å²) in [5, 5.41) is 9.04. The van der Waals surface area contributed by atoms with Crippen LogP contribution in [0.3, 0.4) is 0 Å². The summed E-state index contributed by atoms with van der Waals surface area (Å²) in [4.78, 5) is 4.82. The first kappa shape index (κ1) is 17.7. The van der Waals surface area contributed by atoms with E-state index >= 15 is 0 Å². The van der Waals surface area contributed by atoms with Crippen LogP contribution in [0.15, 0.2) is 18.2 Å². The van der Waals surface area contributed by atoms with E-state index in [4.69, 9.17) is 10.00 Å². The minimum absolute atomic E-state index is 0.140. The average Bonchev–Trinajstić information content (AvgIpc) is 3.15. The molecule has 2 aliphatic rings. The maximum absolute atomic E-state index is 14.4. The van der Waals surface area contributed by atoms with Crippen molar-refractivity contribution in [3.63, 3.8) is 0 Å². The van der Waals surface area contributed by atoms with E-state index in [0.717, 1.165) is 51.6 Å². The van der Waals surface area contributed by atoms with Crippen molar-refractivity contribution in [2.24, 2.45) is 0 Å². The van der Waals surface area contributed by atoms with Crippen LogP contribution < -0.4 is 0 Å². The van der Waals surface area contributed by atoms with E-state index in [0.29, 0.717) is 18.2 Å². The molecule has 24 heavy (non-hydrogen) atoms. The molecule has 0 aliphatic carbocycles. The van der Waals surface area contributed by atoms with Crippen LogP contribution in [0, 0.1) is 17.1 Å². The van der Waals surface area contributed by atoms with E-state index in [2.05, 4.69) is 9.80 Å². The number of thioether (sulfide) groups is 1. The molecule has 1 unspecified atom stereocenters. The fourth-order valence-electron chi connectivity index (χ4n) is 3.30. The second-order valence-electron chi connectivity index (χ2n) is 6.33. The molecule has 0 radical (unpaired) electrons. The smallest absolute Gasteiger partial charge is 0.145 e. The van der Waals surface area contributed by atoms with Crippen LogP contribution >= 0.6 is 11.8 Å². The molecular formula is C18H24FN3OS. The summed E-state index contributed by atoms with van der Waals surface area (Å²) in [5.74, 6) is 1.93. The molecule has 2 aliphatic heterocycles. The number of halogens is 1. The summed E-state index contributed by atoms with van der Waals surface area (Å²) in [6.07, 6.45) is 1.16. The molecule has 1 aromatic carbocycles. The Labute approximate surface area is 147 Å². The zero-order valence-electron chi connectivity index (χ0n) is 13.9. The Kier molecular flexibility index (Phi) is 6.50. The van der Waals surface area contributed by atoms with Crippen molar-refractivity contribution < 1.29 is 9.13 Å². The van der Waals surface area contributed by atoms with Gasteiger partial charge in [0, 0.05) is 50.1 Å². The highest BCUT2D eigenvalue weighted by Gasteiger charge is 2.25. The molecule has 0 aromatic heterocycles. The van der Waals surface area contributed by atoms with Crippen LogP contribution in [-0.2, 0) is 11.3 Å². The van der Waals surface area contributed by atoms with E-state index in [1.54, 1.807) is 18.2 Å². The molecule has 1 aromatic rings. The van der Waals surface area contributed by atoms with Gasteiger partial charge in [-0.1, -0.05) is 12.1 Å². The third-order valence-corrected chi connectivity index (χ3v) is 5.95. The van der Waals surface area contributed by atoms with Gasteiger partial charge in [0.1, 0.15) is 11.9 Å². The number of hydrogen-bond acceptors (Lipinski definition) is 5. The van der Waals surface area contributed by atoms with E-state index < -0.39 is 0 Å². The first-order valence-electron chi connectivity index (χ1n) is 8.57.